The number of hydrogen-bond acceptors (Lipinski definition) is 3. The average molecular weight is 350 g/mol. The number of aromatic nitrogens is 1. The molecule has 1 amide bonds. The fourth-order valence-corrected chi connectivity index (χ4v) is 3.67. The van der Waals surface area contributed by atoms with E-state index >= 15 is 0 Å². The number of nitrogens with zero attached hydrogens (tertiary/aromatic N) is 2. The topological polar surface area (TPSA) is 33.2 Å². The van der Waals surface area contributed by atoms with Gasteiger partial charge in [-0.25, -0.2) is 4.98 Å². The number of aryl methyl sites for hydroxylation is 2. The molecular weight excluding hydrogens is 328 g/mol. The van der Waals surface area contributed by atoms with Gasteiger partial charge in [0.25, 0.3) is 0 Å². The van der Waals surface area contributed by atoms with E-state index in [0.717, 1.165) is 33.9 Å². The summed E-state index contributed by atoms with van der Waals surface area (Å²) in [6.45, 7) is 4.09. The van der Waals surface area contributed by atoms with Crippen LogP contribution >= 0.6 is 11.3 Å². The maximum atomic E-state index is 12.6. The van der Waals surface area contributed by atoms with Crippen LogP contribution in [0, 0.1) is 13.8 Å². The number of carbonyl (C=O) groups is 1. The Bertz CT molecular complexity index is 850. The van der Waals surface area contributed by atoms with E-state index in [1.807, 2.05) is 56.6 Å². The molecular formula is C21H22N2OS. The summed E-state index contributed by atoms with van der Waals surface area (Å²) in [6, 6.07) is 16.5. The van der Waals surface area contributed by atoms with Crippen LogP contribution in [-0.4, -0.2) is 17.9 Å². The van der Waals surface area contributed by atoms with Crippen molar-refractivity contribution in [3.63, 3.8) is 0 Å². The van der Waals surface area contributed by atoms with E-state index in [1.54, 1.807) is 16.2 Å². The summed E-state index contributed by atoms with van der Waals surface area (Å²) >= 11 is 1.62. The molecule has 0 unspecified atom stereocenters. The molecule has 2 aromatic carbocycles. The molecule has 1 aromatic heterocycles. The smallest absolute Gasteiger partial charge is 0.232 e. The summed E-state index contributed by atoms with van der Waals surface area (Å²) in [6.07, 6.45) is 1.14. The van der Waals surface area contributed by atoms with Crippen molar-refractivity contribution < 1.29 is 4.79 Å². The van der Waals surface area contributed by atoms with Crippen LogP contribution in [-0.2, 0) is 17.6 Å². The maximum absolute atomic E-state index is 12.6. The summed E-state index contributed by atoms with van der Waals surface area (Å²) in [5.41, 5.74) is 5.34. The standard InChI is InChI=1S/C21H22N2OS/c1-15-9-16(2)11-19(10-15)23(3)21(24)13-18-14-25-20(22-18)12-17-7-5-4-6-8-17/h4-11,14H,12-13H2,1-3H3. The predicted molar refractivity (Wildman–Crippen MR) is 104 cm³/mol. The molecule has 0 radical (unpaired) electrons. The van der Waals surface area contributed by atoms with Crippen LogP contribution in [0.2, 0.25) is 0 Å². The third kappa shape index (κ3) is 4.54. The molecule has 0 aliphatic carbocycles. The van der Waals surface area contributed by atoms with Crippen molar-refractivity contribution in [2.45, 2.75) is 26.7 Å². The highest BCUT2D eigenvalue weighted by atomic mass is 32.1. The Kier molecular flexibility index (Phi) is 5.29. The van der Waals surface area contributed by atoms with E-state index in [9.17, 15) is 4.79 Å². The molecule has 1 heterocycles. The number of rotatable bonds is 5. The lowest BCUT2D eigenvalue weighted by molar-refractivity contribution is -0.117. The van der Waals surface area contributed by atoms with Gasteiger partial charge in [0, 0.05) is 24.5 Å². The van der Waals surface area contributed by atoms with Gasteiger partial charge in [0.15, 0.2) is 0 Å². The van der Waals surface area contributed by atoms with E-state index < -0.39 is 0 Å². The van der Waals surface area contributed by atoms with Gasteiger partial charge in [0.1, 0.15) is 0 Å². The number of thiazole rings is 1. The van der Waals surface area contributed by atoms with Crippen LogP contribution in [0.15, 0.2) is 53.9 Å². The highest BCUT2D eigenvalue weighted by Crippen LogP contribution is 2.20. The van der Waals surface area contributed by atoms with Crippen LogP contribution < -0.4 is 4.90 Å². The summed E-state index contributed by atoms with van der Waals surface area (Å²) < 4.78 is 0. The maximum Gasteiger partial charge on any atom is 0.232 e. The molecule has 3 aromatic rings. The van der Waals surface area contributed by atoms with E-state index in [4.69, 9.17) is 0 Å². The van der Waals surface area contributed by atoms with Crippen LogP contribution in [0.25, 0.3) is 0 Å². The minimum absolute atomic E-state index is 0.0570. The SMILES string of the molecule is Cc1cc(C)cc(N(C)C(=O)Cc2csc(Cc3ccccc3)n2)c1. The van der Waals surface area contributed by atoms with Gasteiger partial charge >= 0.3 is 0 Å². The first-order valence-corrected chi connectivity index (χ1v) is 9.21. The lowest BCUT2D eigenvalue weighted by Crippen LogP contribution is -2.28. The molecule has 0 aliphatic heterocycles. The van der Waals surface area contributed by atoms with Crippen LogP contribution in [0.5, 0.6) is 0 Å². The molecule has 0 saturated heterocycles. The Morgan fingerprint density at radius 1 is 1.08 bits per heavy atom. The number of amides is 1. The zero-order valence-electron chi connectivity index (χ0n) is 14.8. The second-order valence-corrected chi connectivity index (χ2v) is 7.31. The molecule has 0 atom stereocenters. The predicted octanol–water partition coefficient (Wildman–Crippen LogP) is 4.56. The highest BCUT2D eigenvalue weighted by molar-refractivity contribution is 7.09. The molecule has 0 aliphatic rings. The minimum Gasteiger partial charge on any atom is -0.315 e. The van der Waals surface area contributed by atoms with E-state index in [0.29, 0.717) is 6.42 Å². The van der Waals surface area contributed by atoms with Crippen LogP contribution in [0.4, 0.5) is 5.69 Å². The third-order valence-electron chi connectivity index (χ3n) is 4.10. The Labute approximate surface area is 153 Å². The van der Waals surface area contributed by atoms with E-state index in [2.05, 4.69) is 23.2 Å². The van der Waals surface area contributed by atoms with Crippen molar-refractivity contribution >= 4 is 22.9 Å². The van der Waals surface area contributed by atoms with Gasteiger partial charge < -0.3 is 4.90 Å². The molecule has 3 nitrogen and oxygen atoms in total. The van der Waals surface area contributed by atoms with Crippen molar-refractivity contribution in [2.24, 2.45) is 0 Å². The summed E-state index contributed by atoms with van der Waals surface area (Å²) in [5, 5.41) is 3.04. The first-order valence-electron chi connectivity index (χ1n) is 8.33. The molecule has 4 heteroatoms. The number of carbonyl (C=O) groups excluding carboxylic acids is 1. The quantitative estimate of drug-likeness (QED) is 0.676. The van der Waals surface area contributed by atoms with Gasteiger partial charge in [-0.15, -0.1) is 11.3 Å². The van der Waals surface area contributed by atoms with Crippen molar-refractivity contribution in [3.05, 3.63) is 81.3 Å². The lowest BCUT2D eigenvalue weighted by Gasteiger charge is -2.18. The largest absolute Gasteiger partial charge is 0.315 e. The van der Waals surface area contributed by atoms with Crippen molar-refractivity contribution in [1.82, 2.24) is 4.98 Å². The normalized spacial score (nSPS) is 10.7. The Morgan fingerprint density at radius 3 is 2.44 bits per heavy atom. The van der Waals surface area contributed by atoms with Gasteiger partial charge in [-0.1, -0.05) is 36.4 Å². The van der Waals surface area contributed by atoms with Crippen molar-refractivity contribution in [1.29, 1.82) is 0 Å². The van der Waals surface area contributed by atoms with Crippen LogP contribution in [0.1, 0.15) is 27.4 Å². The minimum atomic E-state index is 0.0570. The zero-order valence-corrected chi connectivity index (χ0v) is 15.6. The number of anilines is 1. The first kappa shape index (κ1) is 17.4. The van der Waals surface area contributed by atoms with Gasteiger partial charge in [-0.05, 0) is 42.7 Å². The first-order chi connectivity index (χ1) is 12.0. The van der Waals surface area contributed by atoms with Crippen LogP contribution in [0.3, 0.4) is 0 Å². The average Bonchev–Trinajstić information content (AvgIpc) is 3.01. The van der Waals surface area contributed by atoms with Gasteiger partial charge in [0.2, 0.25) is 5.91 Å². The van der Waals surface area contributed by atoms with Gasteiger partial charge in [-0.3, -0.25) is 4.79 Å². The summed E-state index contributed by atoms with van der Waals surface area (Å²) in [7, 11) is 1.83. The molecule has 0 spiro atoms. The zero-order chi connectivity index (χ0) is 17.8. The molecule has 0 bridgehead atoms. The number of benzene rings is 2. The Morgan fingerprint density at radius 2 is 1.76 bits per heavy atom. The Hall–Kier alpha value is -2.46. The summed E-state index contributed by atoms with van der Waals surface area (Å²) in [4.78, 5) is 18.9. The Balaban J connectivity index is 1.66. The van der Waals surface area contributed by atoms with Gasteiger partial charge in [0.05, 0.1) is 17.1 Å². The molecule has 25 heavy (non-hydrogen) atoms. The molecule has 0 N–H and O–H groups in total. The molecule has 0 fully saturated rings. The second-order valence-electron chi connectivity index (χ2n) is 6.37. The lowest BCUT2D eigenvalue weighted by atomic mass is 10.1. The second kappa shape index (κ2) is 7.62. The third-order valence-corrected chi connectivity index (χ3v) is 5.00. The number of likely N-dealkylation sites (N-methyl/N-ethyl adjacent to an activating group) is 1. The fourth-order valence-electron chi connectivity index (χ4n) is 2.84. The van der Waals surface area contributed by atoms with E-state index in [1.165, 1.54) is 5.56 Å². The number of hydrogen-bond donors (Lipinski definition) is 0. The fraction of sp³-hybridized carbons (Fsp3) is 0.238. The molecule has 0 saturated carbocycles. The van der Waals surface area contributed by atoms with Crippen molar-refractivity contribution in [2.75, 3.05) is 11.9 Å². The molecule has 128 valence electrons. The van der Waals surface area contributed by atoms with Crippen molar-refractivity contribution in [3.8, 4) is 0 Å². The summed E-state index contributed by atoms with van der Waals surface area (Å²) in [5.74, 6) is 0.0570. The van der Waals surface area contributed by atoms with Gasteiger partial charge in [-0.2, -0.15) is 0 Å². The monoisotopic (exact) mass is 350 g/mol. The highest BCUT2D eigenvalue weighted by Gasteiger charge is 2.14. The van der Waals surface area contributed by atoms with E-state index in [-0.39, 0.29) is 5.91 Å². The molecule has 3 rings (SSSR count).